The van der Waals surface area contributed by atoms with Crippen LogP contribution in [0.2, 0.25) is 5.02 Å². The van der Waals surface area contributed by atoms with E-state index in [0.717, 1.165) is 16.9 Å². The van der Waals surface area contributed by atoms with E-state index in [0.29, 0.717) is 11.4 Å². The molecule has 0 amide bonds. The van der Waals surface area contributed by atoms with E-state index in [9.17, 15) is 0 Å². The van der Waals surface area contributed by atoms with Crippen LogP contribution in [0.4, 0.5) is 0 Å². The highest BCUT2D eigenvalue weighted by Gasteiger charge is 2.15. The standard InChI is InChI=1S/C14H16ClN3O/c1-19-14-5-3-2-4-10(14)8-13(18-16)11-6-7-17-9-12(11)15/h2-7,9,13,18H,8,16H2,1H3. The van der Waals surface area contributed by atoms with Crippen LogP contribution in [-0.4, -0.2) is 12.1 Å². The summed E-state index contributed by atoms with van der Waals surface area (Å²) < 4.78 is 5.34. The van der Waals surface area contributed by atoms with Crippen molar-refractivity contribution < 1.29 is 4.74 Å². The Labute approximate surface area is 117 Å². The minimum Gasteiger partial charge on any atom is -0.496 e. The van der Waals surface area contributed by atoms with E-state index in [1.807, 2.05) is 30.3 Å². The number of methoxy groups -OCH3 is 1. The fourth-order valence-corrected chi connectivity index (χ4v) is 2.27. The number of hydrogen-bond donors (Lipinski definition) is 2. The summed E-state index contributed by atoms with van der Waals surface area (Å²) in [5.74, 6) is 6.48. The maximum Gasteiger partial charge on any atom is 0.122 e. The normalized spacial score (nSPS) is 12.2. The van der Waals surface area contributed by atoms with Crippen LogP contribution in [0.5, 0.6) is 5.75 Å². The SMILES string of the molecule is COc1ccccc1CC(NN)c1ccncc1Cl. The number of nitrogens with one attached hydrogen (secondary N) is 1. The van der Waals surface area contributed by atoms with Crippen LogP contribution < -0.4 is 16.0 Å². The van der Waals surface area contributed by atoms with Crippen LogP contribution in [0.1, 0.15) is 17.2 Å². The topological polar surface area (TPSA) is 60.2 Å². The van der Waals surface area contributed by atoms with Crippen molar-refractivity contribution in [2.45, 2.75) is 12.5 Å². The second-order valence-corrected chi connectivity index (χ2v) is 4.54. The van der Waals surface area contributed by atoms with Crippen molar-refractivity contribution in [3.8, 4) is 5.75 Å². The Morgan fingerprint density at radius 1 is 1.37 bits per heavy atom. The van der Waals surface area contributed by atoms with Crippen molar-refractivity contribution >= 4 is 11.6 Å². The van der Waals surface area contributed by atoms with E-state index in [4.69, 9.17) is 22.2 Å². The van der Waals surface area contributed by atoms with Gasteiger partial charge in [0.15, 0.2) is 0 Å². The Hall–Kier alpha value is -1.62. The van der Waals surface area contributed by atoms with Gasteiger partial charge < -0.3 is 4.74 Å². The molecule has 0 saturated heterocycles. The summed E-state index contributed by atoms with van der Waals surface area (Å²) in [5, 5.41) is 0.598. The van der Waals surface area contributed by atoms with Gasteiger partial charge in [-0.05, 0) is 29.7 Å². The molecule has 0 aliphatic heterocycles. The third-order valence-electron chi connectivity index (χ3n) is 3.00. The third kappa shape index (κ3) is 3.23. The van der Waals surface area contributed by atoms with Crippen molar-refractivity contribution in [1.82, 2.24) is 10.4 Å². The van der Waals surface area contributed by atoms with Crippen LogP contribution in [0.15, 0.2) is 42.7 Å². The summed E-state index contributed by atoms with van der Waals surface area (Å²) >= 11 is 6.15. The molecule has 4 nitrogen and oxygen atoms in total. The number of halogens is 1. The van der Waals surface area contributed by atoms with Crippen LogP contribution >= 0.6 is 11.6 Å². The molecule has 1 aromatic carbocycles. The van der Waals surface area contributed by atoms with E-state index < -0.39 is 0 Å². The number of pyridine rings is 1. The molecule has 1 aromatic heterocycles. The average Bonchev–Trinajstić information content (AvgIpc) is 2.46. The van der Waals surface area contributed by atoms with Crippen LogP contribution in [0.3, 0.4) is 0 Å². The zero-order valence-corrected chi connectivity index (χ0v) is 11.4. The molecule has 0 aliphatic rings. The fourth-order valence-electron chi connectivity index (χ4n) is 2.02. The number of para-hydroxylation sites is 1. The van der Waals surface area contributed by atoms with Crippen LogP contribution in [0.25, 0.3) is 0 Å². The second kappa shape index (κ2) is 6.52. The van der Waals surface area contributed by atoms with Gasteiger partial charge in [0.1, 0.15) is 5.75 Å². The predicted molar refractivity (Wildman–Crippen MR) is 76.0 cm³/mol. The molecule has 1 heterocycles. The van der Waals surface area contributed by atoms with Crippen molar-refractivity contribution in [3.63, 3.8) is 0 Å². The molecule has 0 spiro atoms. The second-order valence-electron chi connectivity index (χ2n) is 4.13. The smallest absolute Gasteiger partial charge is 0.122 e. The Morgan fingerprint density at radius 3 is 2.84 bits per heavy atom. The molecule has 19 heavy (non-hydrogen) atoms. The first-order valence-electron chi connectivity index (χ1n) is 5.93. The van der Waals surface area contributed by atoms with Gasteiger partial charge in [-0.3, -0.25) is 16.3 Å². The van der Waals surface area contributed by atoms with Crippen LogP contribution in [0, 0.1) is 0 Å². The van der Waals surface area contributed by atoms with E-state index in [-0.39, 0.29) is 6.04 Å². The summed E-state index contributed by atoms with van der Waals surface area (Å²) in [6.45, 7) is 0. The number of benzene rings is 1. The van der Waals surface area contributed by atoms with Crippen LogP contribution in [-0.2, 0) is 6.42 Å². The van der Waals surface area contributed by atoms with Crippen molar-refractivity contribution in [2.75, 3.05) is 7.11 Å². The van der Waals surface area contributed by atoms with Gasteiger partial charge in [0.25, 0.3) is 0 Å². The molecule has 3 N–H and O–H groups in total. The Kier molecular flexibility index (Phi) is 4.74. The maximum absolute atomic E-state index is 6.15. The largest absolute Gasteiger partial charge is 0.496 e. The molecule has 1 atom stereocenters. The minimum atomic E-state index is -0.0909. The van der Waals surface area contributed by atoms with E-state index in [2.05, 4.69) is 10.4 Å². The van der Waals surface area contributed by atoms with Gasteiger partial charge in [0, 0.05) is 12.4 Å². The van der Waals surface area contributed by atoms with Gasteiger partial charge in [-0.1, -0.05) is 29.8 Å². The van der Waals surface area contributed by atoms with Crippen molar-refractivity contribution in [2.24, 2.45) is 5.84 Å². The zero-order valence-electron chi connectivity index (χ0n) is 10.6. The maximum atomic E-state index is 6.15. The number of hydrazine groups is 1. The third-order valence-corrected chi connectivity index (χ3v) is 3.31. The summed E-state index contributed by atoms with van der Waals surface area (Å²) in [5.41, 5.74) is 4.78. The monoisotopic (exact) mass is 277 g/mol. The molecule has 0 saturated carbocycles. The Balaban J connectivity index is 2.27. The Morgan fingerprint density at radius 2 is 2.16 bits per heavy atom. The van der Waals surface area contributed by atoms with Gasteiger partial charge in [-0.2, -0.15) is 0 Å². The Bertz CT molecular complexity index is 548. The van der Waals surface area contributed by atoms with Gasteiger partial charge >= 0.3 is 0 Å². The molecule has 0 bridgehead atoms. The lowest BCUT2D eigenvalue weighted by Crippen LogP contribution is -2.30. The highest BCUT2D eigenvalue weighted by Crippen LogP contribution is 2.27. The molecule has 1 unspecified atom stereocenters. The van der Waals surface area contributed by atoms with E-state index >= 15 is 0 Å². The molecular formula is C14H16ClN3O. The first kappa shape index (κ1) is 13.8. The summed E-state index contributed by atoms with van der Waals surface area (Å²) in [6, 6.07) is 9.62. The summed E-state index contributed by atoms with van der Waals surface area (Å²) in [7, 11) is 1.66. The number of hydrogen-bond acceptors (Lipinski definition) is 4. The predicted octanol–water partition coefficient (Wildman–Crippen LogP) is 2.49. The van der Waals surface area contributed by atoms with Crippen molar-refractivity contribution in [3.05, 3.63) is 58.9 Å². The average molecular weight is 278 g/mol. The molecule has 5 heteroatoms. The molecular weight excluding hydrogens is 262 g/mol. The number of aromatic nitrogens is 1. The molecule has 0 aliphatic carbocycles. The lowest BCUT2D eigenvalue weighted by atomic mass is 9.99. The fraction of sp³-hybridized carbons (Fsp3) is 0.214. The van der Waals surface area contributed by atoms with Gasteiger partial charge in [0.05, 0.1) is 18.2 Å². The quantitative estimate of drug-likeness (QED) is 0.651. The number of nitrogens with two attached hydrogens (primary N) is 1. The lowest BCUT2D eigenvalue weighted by molar-refractivity contribution is 0.405. The molecule has 2 rings (SSSR count). The number of rotatable bonds is 5. The molecule has 0 radical (unpaired) electrons. The molecule has 2 aromatic rings. The molecule has 100 valence electrons. The van der Waals surface area contributed by atoms with E-state index in [1.165, 1.54) is 0 Å². The molecule has 0 fully saturated rings. The summed E-state index contributed by atoms with van der Waals surface area (Å²) in [4.78, 5) is 3.98. The minimum absolute atomic E-state index is 0.0909. The highest BCUT2D eigenvalue weighted by molar-refractivity contribution is 6.31. The first-order chi connectivity index (χ1) is 9.26. The lowest BCUT2D eigenvalue weighted by Gasteiger charge is -2.18. The van der Waals surface area contributed by atoms with Crippen molar-refractivity contribution in [1.29, 1.82) is 0 Å². The first-order valence-corrected chi connectivity index (χ1v) is 6.31. The zero-order chi connectivity index (χ0) is 13.7. The van der Waals surface area contributed by atoms with Gasteiger partial charge in [-0.25, -0.2) is 0 Å². The number of ether oxygens (including phenoxy) is 1. The van der Waals surface area contributed by atoms with Gasteiger partial charge in [0.2, 0.25) is 0 Å². The summed E-state index contributed by atoms with van der Waals surface area (Å²) in [6.07, 6.45) is 4.00. The van der Waals surface area contributed by atoms with Gasteiger partial charge in [-0.15, -0.1) is 0 Å². The van der Waals surface area contributed by atoms with E-state index in [1.54, 1.807) is 19.5 Å². The highest BCUT2D eigenvalue weighted by atomic mass is 35.5. The number of nitrogens with zero attached hydrogens (tertiary/aromatic N) is 1.